The first-order chi connectivity index (χ1) is 8.88. The smallest absolute Gasteiger partial charge is 0.251 e. The van der Waals surface area contributed by atoms with E-state index in [0.717, 1.165) is 0 Å². The predicted molar refractivity (Wildman–Crippen MR) is 72.0 cm³/mol. The molecule has 0 spiro atoms. The van der Waals surface area contributed by atoms with Gasteiger partial charge in [-0.2, -0.15) is 0 Å². The largest absolute Gasteiger partial charge is 0.351 e. The molecule has 1 amide bonds. The molecule has 0 aliphatic rings. The van der Waals surface area contributed by atoms with Crippen LogP contribution in [-0.4, -0.2) is 38.7 Å². The van der Waals surface area contributed by atoms with E-state index in [-0.39, 0.29) is 18.2 Å². The van der Waals surface area contributed by atoms with Crippen molar-refractivity contribution in [2.24, 2.45) is 5.84 Å². The Kier molecular flexibility index (Phi) is 5.21. The maximum Gasteiger partial charge on any atom is 0.251 e. The number of aryl methyl sites for hydroxylation is 1. The second kappa shape index (κ2) is 6.45. The van der Waals surface area contributed by atoms with Gasteiger partial charge in [-0.05, 0) is 26.1 Å². The number of pyridine rings is 1. The van der Waals surface area contributed by atoms with Crippen molar-refractivity contribution in [2.45, 2.75) is 6.92 Å². The van der Waals surface area contributed by atoms with Crippen LogP contribution in [0.1, 0.15) is 16.1 Å². The highest BCUT2D eigenvalue weighted by Crippen LogP contribution is 2.08. The minimum absolute atomic E-state index is 0.0226. The van der Waals surface area contributed by atoms with Crippen LogP contribution in [0.25, 0.3) is 0 Å². The molecule has 19 heavy (non-hydrogen) atoms. The topological polar surface area (TPSA) is 126 Å². The maximum absolute atomic E-state index is 11.8. The molecule has 1 rings (SSSR count). The van der Waals surface area contributed by atoms with Crippen molar-refractivity contribution in [3.8, 4) is 0 Å². The fourth-order valence-corrected chi connectivity index (χ4v) is 1.95. The molecular weight excluding hydrogens is 270 g/mol. The first kappa shape index (κ1) is 15.3. The number of sulfonamides is 1. The quantitative estimate of drug-likeness (QED) is 0.391. The predicted octanol–water partition coefficient (Wildman–Crippen LogP) is -1.05. The molecule has 0 aromatic carbocycles. The second-order valence-electron chi connectivity index (χ2n) is 3.81. The van der Waals surface area contributed by atoms with E-state index >= 15 is 0 Å². The molecule has 0 aliphatic carbocycles. The lowest BCUT2D eigenvalue weighted by Crippen LogP contribution is -2.33. The van der Waals surface area contributed by atoms with E-state index < -0.39 is 10.0 Å². The number of hydrazine groups is 1. The lowest BCUT2D eigenvalue weighted by molar-refractivity contribution is 0.0956. The molecule has 5 N–H and O–H groups in total. The van der Waals surface area contributed by atoms with E-state index in [4.69, 9.17) is 5.84 Å². The van der Waals surface area contributed by atoms with Crippen LogP contribution in [0.2, 0.25) is 0 Å². The Morgan fingerprint density at radius 2 is 2.11 bits per heavy atom. The summed E-state index contributed by atoms with van der Waals surface area (Å²) in [5, 5.41) is 2.51. The van der Waals surface area contributed by atoms with Gasteiger partial charge in [0.2, 0.25) is 10.0 Å². The summed E-state index contributed by atoms with van der Waals surface area (Å²) >= 11 is 0. The fraction of sp³-hybridized carbons (Fsp3) is 0.400. The van der Waals surface area contributed by atoms with Crippen LogP contribution in [0.5, 0.6) is 0 Å². The van der Waals surface area contributed by atoms with Crippen molar-refractivity contribution in [1.29, 1.82) is 0 Å². The number of anilines is 1. The molecule has 0 saturated heterocycles. The van der Waals surface area contributed by atoms with Crippen LogP contribution in [-0.2, 0) is 10.0 Å². The normalized spacial score (nSPS) is 11.1. The zero-order valence-electron chi connectivity index (χ0n) is 10.7. The van der Waals surface area contributed by atoms with Crippen LogP contribution in [0.15, 0.2) is 12.1 Å². The summed E-state index contributed by atoms with van der Waals surface area (Å²) in [6, 6.07) is 3.07. The van der Waals surface area contributed by atoms with Crippen LogP contribution in [0.4, 0.5) is 5.82 Å². The highest BCUT2D eigenvalue weighted by atomic mass is 32.2. The van der Waals surface area contributed by atoms with E-state index in [1.165, 1.54) is 13.1 Å². The van der Waals surface area contributed by atoms with Crippen molar-refractivity contribution < 1.29 is 13.2 Å². The first-order valence-electron chi connectivity index (χ1n) is 5.52. The Morgan fingerprint density at radius 1 is 1.42 bits per heavy atom. The third-order valence-corrected chi connectivity index (χ3v) is 3.69. The first-order valence-corrected chi connectivity index (χ1v) is 7.18. The third-order valence-electron chi connectivity index (χ3n) is 2.33. The molecule has 0 unspecified atom stereocenters. The molecule has 0 fully saturated rings. The minimum atomic E-state index is -3.33. The van der Waals surface area contributed by atoms with Gasteiger partial charge in [0.1, 0.15) is 5.82 Å². The maximum atomic E-state index is 11.8. The SMILES string of the molecule is CNS(=O)(=O)CCNC(=O)c1cc(C)nc(NN)c1. The molecule has 8 nitrogen and oxygen atoms in total. The molecule has 9 heteroatoms. The van der Waals surface area contributed by atoms with Gasteiger partial charge >= 0.3 is 0 Å². The standard InChI is InChI=1S/C10H17N5O3S/c1-7-5-8(6-9(14-7)15-11)10(16)13-3-4-19(17,18)12-2/h5-6,12H,3-4,11H2,1-2H3,(H,13,16)(H,14,15). The summed E-state index contributed by atoms with van der Waals surface area (Å²) in [7, 11) is -2.01. The molecule has 106 valence electrons. The number of hydrogen-bond donors (Lipinski definition) is 4. The van der Waals surface area contributed by atoms with E-state index in [1.807, 2.05) is 0 Å². The summed E-state index contributed by atoms with van der Waals surface area (Å²) in [5.74, 6) is 5.04. The number of rotatable bonds is 6. The summed E-state index contributed by atoms with van der Waals surface area (Å²) in [6.45, 7) is 1.75. The van der Waals surface area contributed by atoms with Crippen LogP contribution < -0.4 is 21.3 Å². The molecule has 1 heterocycles. The van der Waals surface area contributed by atoms with E-state index in [9.17, 15) is 13.2 Å². The highest BCUT2D eigenvalue weighted by molar-refractivity contribution is 7.89. The van der Waals surface area contributed by atoms with Gasteiger partial charge in [-0.1, -0.05) is 0 Å². The molecule has 1 aromatic rings. The van der Waals surface area contributed by atoms with Gasteiger partial charge in [0.25, 0.3) is 5.91 Å². The molecule has 0 atom stereocenters. The number of aromatic nitrogens is 1. The monoisotopic (exact) mass is 287 g/mol. The summed E-state index contributed by atoms with van der Waals surface area (Å²) in [5.41, 5.74) is 3.35. The average Bonchev–Trinajstić information content (AvgIpc) is 2.37. The number of carbonyl (C=O) groups excluding carboxylic acids is 1. The summed E-state index contributed by atoms with van der Waals surface area (Å²) in [6.07, 6.45) is 0. The third kappa shape index (κ3) is 4.81. The molecule has 1 aromatic heterocycles. The minimum Gasteiger partial charge on any atom is -0.351 e. The van der Waals surface area contributed by atoms with E-state index in [1.54, 1.807) is 13.0 Å². The average molecular weight is 287 g/mol. The molecule has 0 radical (unpaired) electrons. The zero-order valence-corrected chi connectivity index (χ0v) is 11.5. The Bertz CT molecular complexity index is 558. The molecule has 0 saturated carbocycles. The summed E-state index contributed by atoms with van der Waals surface area (Å²) < 4.78 is 24.5. The van der Waals surface area contributed by atoms with Crippen molar-refractivity contribution in [3.05, 3.63) is 23.4 Å². The van der Waals surface area contributed by atoms with Crippen molar-refractivity contribution >= 4 is 21.7 Å². The number of nitrogen functional groups attached to an aromatic ring is 1. The van der Waals surface area contributed by atoms with Crippen LogP contribution in [0.3, 0.4) is 0 Å². The van der Waals surface area contributed by atoms with Crippen LogP contribution in [0, 0.1) is 6.92 Å². The second-order valence-corrected chi connectivity index (χ2v) is 5.85. The Balaban J connectivity index is 2.66. The molecular formula is C10H17N5O3S. The molecule has 0 aliphatic heterocycles. The van der Waals surface area contributed by atoms with E-state index in [0.29, 0.717) is 17.1 Å². The Morgan fingerprint density at radius 3 is 2.68 bits per heavy atom. The van der Waals surface area contributed by atoms with Crippen LogP contribution >= 0.6 is 0 Å². The fourth-order valence-electron chi connectivity index (χ4n) is 1.38. The van der Waals surface area contributed by atoms with Gasteiger partial charge in [-0.3, -0.25) is 4.79 Å². The van der Waals surface area contributed by atoms with Crippen molar-refractivity contribution in [2.75, 3.05) is 24.8 Å². The van der Waals surface area contributed by atoms with Gasteiger partial charge in [0.15, 0.2) is 0 Å². The zero-order chi connectivity index (χ0) is 14.5. The number of nitrogens with one attached hydrogen (secondary N) is 3. The number of nitrogens with two attached hydrogens (primary N) is 1. The van der Waals surface area contributed by atoms with Crippen molar-refractivity contribution in [1.82, 2.24) is 15.0 Å². The number of hydrogen-bond acceptors (Lipinski definition) is 6. The van der Waals surface area contributed by atoms with E-state index in [2.05, 4.69) is 20.4 Å². The lowest BCUT2D eigenvalue weighted by Gasteiger charge is -2.08. The van der Waals surface area contributed by atoms with Gasteiger partial charge in [-0.15, -0.1) is 0 Å². The Labute approximate surface area is 111 Å². The number of carbonyl (C=O) groups is 1. The van der Waals surface area contributed by atoms with Gasteiger partial charge in [0, 0.05) is 17.8 Å². The van der Waals surface area contributed by atoms with Gasteiger partial charge < -0.3 is 10.7 Å². The van der Waals surface area contributed by atoms with Crippen molar-refractivity contribution in [3.63, 3.8) is 0 Å². The summed E-state index contributed by atoms with van der Waals surface area (Å²) in [4.78, 5) is 15.9. The number of nitrogens with zero attached hydrogens (tertiary/aromatic N) is 1. The Hall–Kier alpha value is -1.71. The lowest BCUT2D eigenvalue weighted by atomic mass is 10.2. The number of amides is 1. The highest BCUT2D eigenvalue weighted by Gasteiger charge is 2.10. The van der Waals surface area contributed by atoms with Gasteiger partial charge in [-0.25, -0.2) is 24.0 Å². The molecule has 0 bridgehead atoms. The van der Waals surface area contributed by atoms with Gasteiger partial charge in [0.05, 0.1) is 5.75 Å².